The molecule has 100 valence electrons. The van der Waals surface area contributed by atoms with E-state index >= 15 is 0 Å². The minimum absolute atomic E-state index is 0.0668. The van der Waals surface area contributed by atoms with Gasteiger partial charge in [-0.25, -0.2) is 9.97 Å². The minimum Gasteiger partial charge on any atom is -0.341 e. The number of halogens is 2. The zero-order valence-electron chi connectivity index (χ0n) is 9.76. The lowest BCUT2D eigenvalue weighted by Gasteiger charge is -2.04. The number of rotatable bonds is 2. The molecule has 20 heavy (non-hydrogen) atoms. The quantitative estimate of drug-likeness (QED) is 0.690. The van der Waals surface area contributed by atoms with Gasteiger partial charge < -0.3 is 4.98 Å². The van der Waals surface area contributed by atoms with E-state index in [1.807, 2.05) is 0 Å². The predicted molar refractivity (Wildman–Crippen MR) is 76.6 cm³/mol. The van der Waals surface area contributed by atoms with Crippen LogP contribution in [0.3, 0.4) is 0 Å². The Kier molecular flexibility index (Phi) is 3.33. The van der Waals surface area contributed by atoms with Crippen molar-refractivity contribution < 1.29 is 4.79 Å². The second kappa shape index (κ2) is 5.14. The summed E-state index contributed by atoms with van der Waals surface area (Å²) in [6.45, 7) is 0. The van der Waals surface area contributed by atoms with Gasteiger partial charge in [-0.2, -0.15) is 9.97 Å². The van der Waals surface area contributed by atoms with Gasteiger partial charge in [-0.3, -0.25) is 10.1 Å². The summed E-state index contributed by atoms with van der Waals surface area (Å²) in [5.74, 6) is -0.374. The highest BCUT2D eigenvalue weighted by atomic mass is 79.9. The number of pyridine rings is 1. The SMILES string of the molecule is O=C(Nc1nc(Cl)c2[nH]cnc2n1)c1ncccc1Br. The number of carbonyl (C=O) groups excluding carboxylic acids is 1. The number of aromatic nitrogens is 5. The Balaban J connectivity index is 1.93. The van der Waals surface area contributed by atoms with Gasteiger partial charge in [-0.1, -0.05) is 11.6 Å². The third-order valence-electron chi connectivity index (χ3n) is 2.44. The molecule has 3 aromatic rings. The van der Waals surface area contributed by atoms with E-state index in [1.165, 1.54) is 12.5 Å². The van der Waals surface area contributed by atoms with Crippen molar-refractivity contribution in [1.29, 1.82) is 0 Å². The van der Waals surface area contributed by atoms with Gasteiger partial charge in [-0.15, -0.1) is 0 Å². The molecule has 0 aliphatic heterocycles. The molecule has 0 aliphatic carbocycles. The molecule has 0 radical (unpaired) electrons. The lowest BCUT2D eigenvalue weighted by molar-refractivity contribution is 0.102. The zero-order valence-corrected chi connectivity index (χ0v) is 12.1. The molecule has 7 nitrogen and oxygen atoms in total. The second-order valence-corrected chi connectivity index (χ2v) is 4.94. The van der Waals surface area contributed by atoms with E-state index in [0.29, 0.717) is 15.6 Å². The van der Waals surface area contributed by atoms with E-state index in [9.17, 15) is 4.79 Å². The van der Waals surface area contributed by atoms with Crippen molar-refractivity contribution in [3.8, 4) is 0 Å². The van der Waals surface area contributed by atoms with Crippen molar-refractivity contribution in [1.82, 2.24) is 24.9 Å². The summed E-state index contributed by atoms with van der Waals surface area (Å²) in [7, 11) is 0. The summed E-state index contributed by atoms with van der Waals surface area (Å²) in [6, 6.07) is 3.43. The fourth-order valence-electron chi connectivity index (χ4n) is 1.57. The summed E-state index contributed by atoms with van der Waals surface area (Å²) < 4.78 is 0.574. The topological polar surface area (TPSA) is 96.5 Å². The smallest absolute Gasteiger partial charge is 0.277 e. The van der Waals surface area contributed by atoms with Crippen LogP contribution in [-0.2, 0) is 0 Å². The first-order chi connectivity index (χ1) is 9.65. The zero-order chi connectivity index (χ0) is 14.1. The number of imidazole rings is 1. The standard InChI is InChI=1S/C11H6BrClN6O/c12-5-2-1-3-14-6(5)10(20)19-11-17-8(13)7-9(18-11)16-4-15-7/h1-4H,(H2,15,16,17,18,19,20). The van der Waals surface area contributed by atoms with Gasteiger partial charge in [0.15, 0.2) is 10.8 Å². The Bertz CT molecular complexity index is 804. The Hall–Kier alpha value is -2.06. The average molecular weight is 354 g/mol. The highest BCUT2D eigenvalue weighted by Crippen LogP contribution is 2.19. The van der Waals surface area contributed by atoms with E-state index in [2.05, 4.69) is 46.2 Å². The molecule has 0 atom stereocenters. The summed E-state index contributed by atoms with van der Waals surface area (Å²) in [5, 5.41) is 2.71. The summed E-state index contributed by atoms with van der Waals surface area (Å²) in [5.41, 5.74) is 1.12. The predicted octanol–water partition coefficient (Wildman–Crippen LogP) is 2.42. The fourth-order valence-corrected chi connectivity index (χ4v) is 2.22. The van der Waals surface area contributed by atoms with Crippen LogP contribution in [-0.4, -0.2) is 30.8 Å². The van der Waals surface area contributed by atoms with Crippen molar-refractivity contribution in [2.45, 2.75) is 0 Å². The number of amides is 1. The number of fused-ring (bicyclic) bond motifs is 1. The van der Waals surface area contributed by atoms with E-state index < -0.39 is 5.91 Å². The molecule has 0 fully saturated rings. The molecular formula is C11H6BrClN6O. The van der Waals surface area contributed by atoms with Gasteiger partial charge in [0.05, 0.1) is 6.33 Å². The highest BCUT2D eigenvalue weighted by molar-refractivity contribution is 9.10. The van der Waals surface area contributed by atoms with Crippen LogP contribution in [0.5, 0.6) is 0 Å². The third-order valence-corrected chi connectivity index (χ3v) is 3.35. The van der Waals surface area contributed by atoms with Crippen molar-refractivity contribution in [3.63, 3.8) is 0 Å². The van der Waals surface area contributed by atoms with Gasteiger partial charge in [0.2, 0.25) is 5.95 Å². The maximum Gasteiger partial charge on any atom is 0.277 e. The number of anilines is 1. The largest absolute Gasteiger partial charge is 0.341 e. The number of aromatic amines is 1. The summed E-state index contributed by atoms with van der Waals surface area (Å²) >= 11 is 9.22. The van der Waals surface area contributed by atoms with E-state index in [4.69, 9.17) is 11.6 Å². The van der Waals surface area contributed by atoms with Gasteiger partial charge in [0.1, 0.15) is 11.2 Å². The van der Waals surface area contributed by atoms with Crippen LogP contribution >= 0.6 is 27.5 Å². The number of nitrogens with zero attached hydrogens (tertiary/aromatic N) is 4. The first-order valence-electron chi connectivity index (χ1n) is 5.43. The number of H-pyrrole nitrogens is 1. The summed E-state index contributed by atoms with van der Waals surface area (Å²) in [4.78, 5) is 30.9. The van der Waals surface area contributed by atoms with Crippen molar-refractivity contribution >= 4 is 50.6 Å². The van der Waals surface area contributed by atoms with E-state index in [-0.39, 0.29) is 16.8 Å². The number of hydrogen-bond donors (Lipinski definition) is 2. The Morgan fingerprint density at radius 2 is 2.20 bits per heavy atom. The molecular weight excluding hydrogens is 348 g/mol. The first-order valence-corrected chi connectivity index (χ1v) is 6.61. The van der Waals surface area contributed by atoms with Gasteiger partial charge in [0, 0.05) is 10.7 Å². The number of hydrogen-bond acceptors (Lipinski definition) is 5. The Morgan fingerprint density at radius 1 is 1.35 bits per heavy atom. The second-order valence-electron chi connectivity index (χ2n) is 3.73. The molecule has 0 spiro atoms. The monoisotopic (exact) mass is 352 g/mol. The van der Waals surface area contributed by atoms with Crippen LogP contribution in [0.4, 0.5) is 5.95 Å². The summed E-state index contributed by atoms with van der Waals surface area (Å²) in [6.07, 6.45) is 2.97. The lowest BCUT2D eigenvalue weighted by atomic mass is 10.3. The third kappa shape index (κ3) is 2.35. The highest BCUT2D eigenvalue weighted by Gasteiger charge is 2.14. The maximum absolute atomic E-state index is 12.1. The molecule has 0 unspecified atom stereocenters. The van der Waals surface area contributed by atoms with Crippen LogP contribution in [0.2, 0.25) is 5.15 Å². The van der Waals surface area contributed by atoms with E-state index in [0.717, 1.165) is 0 Å². The van der Waals surface area contributed by atoms with Crippen LogP contribution in [0.15, 0.2) is 29.1 Å². The van der Waals surface area contributed by atoms with Gasteiger partial charge in [0.25, 0.3) is 5.91 Å². The Labute approximate surface area is 126 Å². The minimum atomic E-state index is -0.441. The van der Waals surface area contributed by atoms with Gasteiger partial charge in [-0.05, 0) is 28.1 Å². The molecule has 0 bridgehead atoms. The molecule has 9 heteroatoms. The molecule has 0 aromatic carbocycles. The lowest BCUT2D eigenvalue weighted by Crippen LogP contribution is -2.16. The molecule has 0 aliphatic rings. The molecule has 3 rings (SSSR count). The first kappa shape index (κ1) is 12.9. The Morgan fingerprint density at radius 3 is 3.00 bits per heavy atom. The van der Waals surface area contributed by atoms with Crippen LogP contribution < -0.4 is 5.32 Å². The van der Waals surface area contributed by atoms with Crippen LogP contribution in [0, 0.1) is 0 Å². The van der Waals surface area contributed by atoms with Crippen LogP contribution in [0.25, 0.3) is 11.2 Å². The molecule has 3 heterocycles. The molecule has 0 saturated heterocycles. The molecule has 0 saturated carbocycles. The van der Waals surface area contributed by atoms with Gasteiger partial charge >= 0.3 is 0 Å². The molecule has 1 amide bonds. The number of carbonyl (C=O) groups is 1. The maximum atomic E-state index is 12.1. The van der Waals surface area contributed by atoms with Crippen molar-refractivity contribution in [3.05, 3.63) is 40.0 Å². The van der Waals surface area contributed by atoms with Crippen molar-refractivity contribution in [2.24, 2.45) is 0 Å². The molecule has 2 N–H and O–H groups in total. The number of nitrogens with one attached hydrogen (secondary N) is 2. The van der Waals surface area contributed by atoms with E-state index in [1.54, 1.807) is 12.1 Å². The fraction of sp³-hybridized carbons (Fsp3) is 0. The molecule has 3 aromatic heterocycles. The van der Waals surface area contributed by atoms with Crippen molar-refractivity contribution in [2.75, 3.05) is 5.32 Å². The van der Waals surface area contributed by atoms with Crippen LogP contribution in [0.1, 0.15) is 10.5 Å². The average Bonchev–Trinajstić information content (AvgIpc) is 2.88. The normalized spacial score (nSPS) is 10.7.